The van der Waals surface area contributed by atoms with Crippen LogP contribution in [0.5, 0.6) is 5.75 Å². The van der Waals surface area contributed by atoms with Crippen molar-refractivity contribution in [2.45, 2.75) is 20.1 Å². The van der Waals surface area contributed by atoms with Crippen molar-refractivity contribution in [3.63, 3.8) is 0 Å². The van der Waals surface area contributed by atoms with Gasteiger partial charge in [0.25, 0.3) is 5.91 Å². The van der Waals surface area contributed by atoms with Crippen molar-refractivity contribution in [3.05, 3.63) is 36.0 Å². The van der Waals surface area contributed by atoms with Gasteiger partial charge in [0.1, 0.15) is 18.6 Å². The van der Waals surface area contributed by atoms with E-state index in [1.54, 1.807) is 23.1 Å². The molecule has 2 rings (SSSR count). The van der Waals surface area contributed by atoms with Gasteiger partial charge in [-0.2, -0.15) is 5.10 Å². The van der Waals surface area contributed by atoms with Crippen LogP contribution >= 0.6 is 0 Å². The summed E-state index contributed by atoms with van der Waals surface area (Å²) in [5.74, 6) is 5.80. The molecule has 18 heavy (non-hydrogen) atoms. The number of nitrogens with one attached hydrogen (secondary N) is 1. The number of furan rings is 1. The summed E-state index contributed by atoms with van der Waals surface area (Å²) in [6, 6.07) is 1.58. The van der Waals surface area contributed by atoms with Crippen LogP contribution in [0.1, 0.15) is 23.0 Å². The minimum atomic E-state index is -0.399. The van der Waals surface area contributed by atoms with Gasteiger partial charge in [-0.1, -0.05) is 0 Å². The van der Waals surface area contributed by atoms with Crippen LogP contribution in [-0.4, -0.2) is 15.7 Å². The van der Waals surface area contributed by atoms with Crippen molar-refractivity contribution in [2.75, 3.05) is 0 Å². The summed E-state index contributed by atoms with van der Waals surface area (Å²) in [4.78, 5) is 11.2. The van der Waals surface area contributed by atoms with E-state index in [1.807, 2.05) is 12.3 Å². The molecule has 0 saturated heterocycles. The molecule has 0 aliphatic heterocycles. The molecule has 3 N–H and O–H groups in total. The molecule has 2 heterocycles. The first-order chi connectivity index (χ1) is 8.72. The van der Waals surface area contributed by atoms with E-state index in [1.165, 1.54) is 6.26 Å². The van der Waals surface area contributed by atoms with Crippen LogP contribution in [0.3, 0.4) is 0 Å². The summed E-state index contributed by atoms with van der Waals surface area (Å²) in [6.07, 6.45) is 4.74. The summed E-state index contributed by atoms with van der Waals surface area (Å²) in [7, 11) is 0. The van der Waals surface area contributed by atoms with Crippen LogP contribution in [0.25, 0.3) is 0 Å². The molecule has 0 aromatic carbocycles. The van der Waals surface area contributed by atoms with Crippen molar-refractivity contribution in [3.8, 4) is 5.75 Å². The number of rotatable bonds is 5. The number of carbonyl (C=O) groups excluding carboxylic acids is 1. The zero-order valence-electron chi connectivity index (χ0n) is 9.92. The Morgan fingerprint density at radius 3 is 3.17 bits per heavy atom. The predicted molar refractivity (Wildman–Crippen MR) is 62.6 cm³/mol. The Labute approximate surface area is 103 Å². The van der Waals surface area contributed by atoms with Crippen molar-refractivity contribution >= 4 is 5.91 Å². The van der Waals surface area contributed by atoms with E-state index in [2.05, 4.69) is 5.10 Å². The summed E-state index contributed by atoms with van der Waals surface area (Å²) in [5.41, 5.74) is 2.39. The zero-order valence-corrected chi connectivity index (χ0v) is 9.92. The fraction of sp³-hybridized carbons (Fsp3) is 0.273. The van der Waals surface area contributed by atoms with E-state index >= 15 is 0 Å². The highest BCUT2D eigenvalue weighted by Gasteiger charge is 2.09. The number of carbonyl (C=O) groups is 1. The Balaban J connectivity index is 1.93. The molecule has 1 amide bonds. The molecule has 0 spiro atoms. The summed E-state index contributed by atoms with van der Waals surface area (Å²) >= 11 is 0. The topological polar surface area (TPSA) is 95.3 Å². The Morgan fingerprint density at radius 2 is 2.50 bits per heavy atom. The van der Waals surface area contributed by atoms with Gasteiger partial charge in [0.2, 0.25) is 0 Å². The van der Waals surface area contributed by atoms with Gasteiger partial charge in [-0.3, -0.25) is 14.9 Å². The molecule has 7 heteroatoms. The van der Waals surface area contributed by atoms with Crippen molar-refractivity contribution < 1.29 is 13.9 Å². The van der Waals surface area contributed by atoms with E-state index in [0.717, 1.165) is 6.54 Å². The first-order valence-corrected chi connectivity index (χ1v) is 5.46. The second-order valence-electron chi connectivity index (χ2n) is 3.60. The lowest BCUT2D eigenvalue weighted by molar-refractivity contribution is 0.0953. The van der Waals surface area contributed by atoms with E-state index in [0.29, 0.717) is 17.1 Å². The number of hydrogen-bond acceptors (Lipinski definition) is 5. The largest absolute Gasteiger partial charge is 0.482 e. The molecule has 7 nitrogen and oxygen atoms in total. The molecule has 0 fully saturated rings. The predicted octanol–water partition coefficient (Wildman–Crippen LogP) is 0.679. The molecular formula is C11H14N4O3. The van der Waals surface area contributed by atoms with Gasteiger partial charge >= 0.3 is 0 Å². The summed E-state index contributed by atoms with van der Waals surface area (Å²) in [5, 5.41) is 4.07. The molecule has 96 valence electrons. The third kappa shape index (κ3) is 2.69. The van der Waals surface area contributed by atoms with E-state index in [-0.39, 0.29) is 6.61 Å². The van der Waals surface area contributed by atoms with Gasteiger partial charge in [-0.15, -0.1) is 0 Å². The smallest absolute Gasteiger partial charge is 0.268 e. The van der Waals surface area contributed by atoms with Gasteiger partial charge in [0, 0.05) is 6.54 Å². The fourth-order valence-corrected chi connectivity index (χ4v) is 1.41. The zero-order chi connectivity index (χ0) is 13.0. The van der Waals surface area contributed by atoms with Gasteiger partial charge in [0.05, 0.1) is 18.0 Å². The van der Waals surface area contributed by atoms with E-state index < -0.39 is 5.91 Å². The minimum absolute atomic E-state index is 0.229. The van der Waals surface area contributed by atoms with Gasteiger partial charge < -0.3 is 9.15 Å². The average molecular weight is 250 g/mol. The summed E-state index contributed by atoms with van der Waals surface area (Å²) in [6.45, 7) is 3.00. The maximum atomic E-state index is 11.2. The van der Waals surface area contributed by atoms with Crippen molar-refractivity contribution in [1.82, 2.24) is 15.2 Å². The van der Waals surface area contributed by atoms with Crippen LogP contribution in [0, 0.1) is 0 Å². The number of hydrazine groups is 1. The first kappa shape index (κ1) is 12.2. The normalized spacial score (nSPS) is 10.3. The number of aromatic nitrogens is 2. The van der Waals surface area contributed by atoms with Crippen LogP contribution in [0.2, 0.25) is 0 Å². The third-order valence-corrected chi connectivity index (χ3v) is 2.36. The number of aryl methyl sites for hydroxylation is 1. The highest BCUT2D eigenvalue weighted by Crippen LogP contribution is 2.13. The molecule has 2 aromatic heterocycles. The van der Waals surface area contributed by atoms with Crippen LogP contribution in [-0.2, 0) is 13.2 Å². The molecule has 0 unspecified atom stereocenters. The molecule has 0 bridgehead atoms. The Kier molecular flexibility index (Phi) is 3.63. The van der Waals surface area contributed by atoms with E-state index in [9.17, 15) is 4.79 Å². The second-order valence-corrected chi connectivity index (χ2v) is 3.60. The second kappa shape index (κ2) is 5.37. The SMILES string of the molecule is CCn1cc(OCc2cc(C(=O)NN)co2)cn1. The van der Waals surface area contributed by atoms with Gasteiger partial charge in [0.15, 0.2) is 5.75 Å². The van der Waals surface area contributed by atoms with Crippen LogP contribution < -0.4 is 16.0 Å². The lowest BCUT2D eigenvalue weighted by Gasteiger charge is -1.99. The molecule has 0 atom stereocenters. The standard InChI is InChI=1S/C11H14N4O3/c1-2-15-5-10(4-13-15)18-7-9-3-8(6-17-9)11(16)14-12/h3-6H,2,7,12H2,1H3,(H,14,16). The maximum Gasteiger partial charge on any atom is 0.268 e. The Bertz CT molecular complexity index is 532. The Hall–Kier alpha value is -2.28. The average Bonchev–Trinajstić information content (AvgIpc) is 3.04. The molecule has 0 saturated carbocycles. The number of nitrogens with zero attached hydrogens (tertiary/aromatic N) is 2. The molecular weight excluding hydrogens is 236 g/mol. The van der Waals surface area contributed by atoms with Crippen molar-refractivity contribution in [2.24, 2.45) is 5.84 Å². The number of ether oxygens (including phenoxy) is 1. The van der Waals surface area contributed by atoms with Gasteiger partial charge in [-0.25, -0.2) is 5.84 Å². The number of nitrogen functional groups attached to an aromatic ring is 1. The lowest BCUT2D eigenvalue weighted by Crippen LogP contribution is -2.29. The molecule has 0 aliphatic rings. The number of nitrogens with two attached hydrogens (primary N) is 1. The monoisotopic (exact) mass is 250 g/mol. The summed E-state index contributed by atoms with van der Waals surface area (Å²) < 4.78 is 12.4. The van der Waals surface area contributed by atoms with Crippen molar-refractivity contribution in [1.29, 1.82) is 0 Å². The molecule has 0 aliphatic carbocycles. The third-order valence-electron chi connectivity index (χ3n) is 2.36. The number of amides is 1. The fourth-order valence-electron chi connectivity index (χ4n) is 1.41. The van der Waals surface area contributed by atoms with Gasteiger partial charge in [-0.05, 0) is 13.0 Å². The highest BCUT2D eigenvalue weighted by molar-refractivity contribution is 5.93. The Morgan fingerprint density at radius 1 is 1.67 bits per heavy atom. The van der Waals surface area contributed by atoms with Crippen LogP contribution in [0.15, 0.2) is 29.1 Å². The molecule has 0 radical (unpaired) electrons. The van der Waals surface area contributed by atoms with E-state index in [4.69, 9.17) is 15.0 Å². The first-order valence-electron chi connectivity index (χ1n) is 5.46. The molecule has 2 aromatic rings. The maximum absolute atomic E-state index is 11.2. The lowest BCUT2D eigenvalue weighted by atomic mass is 10.3. The van der Waals surface area contributed by atoms with Crippen LogP contribution in [0.4, 0.5) is 0 Å². The quantitative estimate of drug-likeness (QED) is 0.462. The highest BCUT2D eigenvalue weighted by atomic mass is 16.5. The minimum Gasteiger partial charge on any atom is -0.482 e. The number of hydrogen-bond donors (Lipinski definition) is 2.